The first kappa shape index (κ1) is 17.3. The summed E-state index contributed by atoms with van der Waals surface area (Å²) in [6.45, 7) is 5.35. The summed E-state index contributed by atoms with van der Waals surface area (Å²) in [5.74, 6) is 3.15. The molecule has 0 aromatic rings. The van der Waals surface area contributed by atoms with E-state index in [4.69, 9.17) is 4.74 Å². The number of unbranched alkanes of at least 4 members (excludes halogenated alkanes) is 1. The molecule has 0 unspecified atom stereocenters. The van der Waals surface area contributed by atoms with Gasteiger partial charge in [0.1, 0.15) is 0 Å². The molecule has 0 amide bonds. The van der Waals surface area contributed by atoms with Crippen LogP contribution in [0.4, 0.5) is 0 Å². The van der Waals surface area contributed by atoms with Gasteiger partial charge in [0.25, 0.3) is 0 Å². The van der Waals surface area contributed by atoms with E-state index < -0.39 is 0 Å². The second-order valence-electron chi connectivity index (χ2n) is 7.70. The van der Waals surface area contributed by atoms with E-state index in [1.54, 1.807) is 0 Å². The van der Waals surface area contributed by atoms with Crippen LogP contribution < -0.4 is 0 Å². The predicted molar refractivity (Wildman–Crippen MR) is 91.6 cm³/mol. The molecule has 2 saturated carbocycles. The first-order valence-corrected chi connectivity index (χ1v) is 9.93. The summed E-state index contributed by atoms with van der Waals surface area (Å²) in [4.78, 5) is 0. The maximum atomic E-state index is 5.77. The van der Waals surface area contributed by atoms with Gasteiger partial charge >= 0.3 is 0 Å². The quantitative estimate of drug-likeness (QED) is 0.506. The van der Waals surface area contributed by atoms with E-state index in [9.17, 15) is 0 Å². The van der Waals surface area contributed by atoms with Crippen molar-refractivity contribution in [2.75, 3.05) is 6.61 Å². The SMILES string of the molecule is CCCCC1CCC(CCC2CCC(OCC)CC2)CC1. The Morgan fingerprint density at radius 2 is 1.14 bits per heavy atom. The monoisotopic (exact) mass is 294 g/mol. The molecule has 2 aliphatic carbocycles. The van der Waals surface area contributed by atoms with Crippen molar-refractivity contribution in [3.63, 3.8) is 0 Å². The molecule has 0 N–H and O–H groups in total. The number of hydrogen-bond donors (Lipinski definition) is 0. The predicted octanol–water partition coefficient (Wildman–Crippen LogP) is 6.36. The lowest BCUT2D eigenvalue weighted by molar-refractivity contribution is 0.0238. The van der Waals surface area contributed by atoms with Crippen molar-refractivity contribution >= 4 is 0 Å². The molecular formula is C20H38O. The number of rotatable bonds is 8. The van der Waals surface area contributed by atoms with E-state index in [1.165, 1.54) is 83.5 Å². The Morgan fingerprint density at radius 1 is 0.667 bits per heavy atom. The highest BCUT2D eigenvalue weighted by Gasteiger charge is 2.24. The third-order valence-electron chi connectivity index (χ3n) is 6.11. The maximum absolute atomic E-state index is 5.77. The van der Waals surface area contributed by atoms with Gasteiger partial charge in [0.15, 0.2) is 0 Å². The van der Waals surface area contributed by atoms with Gasteiger partial charge in [-0.15, -0.1) is 0 Å². The van der Waals surface area contributed by atoms with Crippen LogP contribution in [0.3, 0.4) is 0 Å². The first-order chi connectivity index (χ1) is 10.3. The van der Waals surface area contributed by atoms with Crippen LogP contribution in [-0.4, -0.2) is 12.7 Å². The Morgan fingerprint density at radius 3 is 1.62 bits per heavy atom. The van der Waals surface area contributed by atoms with Crippen LogP contribution in [-0.2, 0) is 4.74 Å². The van der Waals surface area contributed by atoms with E-state index in [0.717, 1.165) is 24.4 Å². The molecule has 1 nitrogen and oxygen atoms in total. The molecule has 0 aromatic carbocycles. The van der Waals surface area contributed by atoms with Gasteiger partial charge in [-0.2, -0.15) is 0 Å². The van der Waals surface area contributed by atoms with Crippen molar-refractivity contribution in [2.45, 2.75) is 103 Å². The minimum atomic E-state index is 0.584. The standard InChI is InChI=1S/C20H38O/c1-3-5-6-17-7-9-18(10-8-17)11-12-19-13-15-20(16-14-19)21-4-2/h17-20H,3-16H2,1-2H3. The molecule has 21 heavy (non-hydrogen) atoms. The summed E-state index contributed by atoms with van der Waals surface area (Å²) in [7, 11) is 0. The zero-order chi connectivity index (χ0) is 14.9. The second-order valence-corrected chi connectivity index (χ2v) is 7.70. The van der Waals surface area contributed by atoms with Crippen LogP contribution in [0.25, 0.3) is 0 Å². The lowest BCUT2D eigenvalue weighted by atomic mass is 9.76. The van der Waals surface area contributed by atoms with E-state index in [2.05, 4.69) is 13.8 Å². The fraction of sp³-hybridized carbons (Fsp3) is 1.00. The number of hydrogen-bond acceptors (Lipinski definition) is 1. The van der Waals surface area contributed by atoms with Gasteiger partial charge in [0.2, 0.25) is 0 Å². The largest absolute Gasteiger partial charge is 0.379 e. The zero-order valence-electron chi connectivity index (χ0n) is 14.6. The van der Waals surface area contributed by atoms with Crippen LogP contribution in [0.1, 0.15) is 97.3 Å². The zero-order valence-corrected chi connectivity index (χ0v) is 14.6. The van der Waals surface area contributed by atoms with Gasteiger partial charge in [-0.3, -0.25) is 0 Å². The molecule has 0 bridgehead atoms. The molecule has 0 saturated heterocycles. The molecule has 0 spiro atoms. The maximum Gasteiger partial charge on any atom is 0.0575 e. The van der Waals surface area contributed by atoms with Crippen LogP contribution in [0, 0.1) is 17.8 Å². The minimum Gasteiger partial charge on any atom is -0.379 e. The van der Waals surface area contributed by atoms with Crippen molar-refractivity contribution in [1.82, 2.24) is 0 Å². The lowest BCUT2D eigenvalue weighted by Gasteiger charge is -2.32. The highest BCUT2D eigenvalue weighted by Crippen LogP contribution is 2.37. The Hall–Kier alpha value is -0.0400. The third kappa shape index (κ3) is 6.30. The molecule has 0 aliphatic heterocycles. The topological polar surface area (TPSA) is 9.23 Å². The molecular weight excluding hydrogens is 256 g/mol. The molecule has 0 radical (unpaired) electrons. The molecule has 0 aromatic heterocycles. The average molecular weight is 295 g/mol. The molecule has 2 rings (SSSR count). The normalized spacial score (nSPS) is 34.0. The fourth-order valence-electron chi connectivity index (χ4n) is 4.60. The Kier molecular flexibility index (Phi) is 8.14. The summed E-state index contributed by atoms with van der Waals surface area (Å²) in [5.41, 5.74) is 0. The number of ether oxygens (including phenoxy) is 1. The second kappa shape index (κ2) is 9.87. The van der Waals surface area contributed by atoms with Crippen LogP contribution in [0.2, 0.25) is 0 Å². The van der Waals surface area contributed by atoms with Crippen molar-refractivity contribution < 1.29 is 4.74 Å². The molecule has 124 valence electrons. The lowest BCUT2D eigenvalue weighted by Crippen LogP contribution is -2.22. The van der Waals surface area contributed by atoms with Crippen molar-refractivity contribution in [2.24, 2.45) is 17.8 Å². The summed E-state index contributed by atoms with van der Waals surface area (Å²) >= 11 is 0. The van der Waals surface area contributed by atoms with E-state index in [0.29, 0.717) is 6.10 Å². The van der Waals surface area contributed by atoms with Gasteiger partial charge < -0.3 is 4.74 Å². The van der Waals surface area contributed by atoms with E-state index in [-0.39, 0.29) is 0 Å². The summed E-state index contributed by atoms with van der Waals surface area (Å²) in [5, 5.41) is 0. The summed E-state index contributed by atoms with van der Waals surface area (Å²) < 4.78 is 5.77. The minimum absolute atomic E-state index is 0.584. The Balaban J connectivity index is 1.54. The highest BCUT2D eigenvalue weighted by atomic mass is 16.5. The fourth-order valence-corrected chi connectivity index (χ4v) is 4.60. The van der Waals surface area contributed by atoms with Crippen LogP contribution >= 0.6 is 0 Å². The van der Waals surface area contributed by atoms with Gasteiger partial charge in [0.05, 0.1) is 6.10 Å². The molecule has 2 aliphatic rings. The van der Waals surface area contributed by atoms with Gasteiger partial charge in [0, 0.05) is 6.61 Å². The summed E-state index contributed by atoms with van der Waals surface area (Å²) in [6, 6.07) is 0. The van der Waals surface area contributed by atoms with E-state index in [1.807, 2.05) is 0 Å². The molecule has 2 fully saturated rings. The van der Waals surface area contributed by atoms with Crippen molar-refractivity contribution in [3.05, 3.63) is 0 Å². The van der Waals surface area contributed by atoms with E-state index >= 15 is 0 Å². The molecule has 1 heteroatoms. The van der Waals surface area contributed by atoms with Crippen molar-refractivity contribution in [1.29, 1.82) is 0 Å². The van der Waals surface area contributed by atoms with Gasteiger partial charge in [-0.1, -0.05) is 64.7 Å². The third-order valence-corrected chi connectivity index (χ3v) is 6.11. The highest BCUT2D eigenvalue weighted by molar-refractivity contribution is 4.77. The Labute approximate surface area is 133 Å². The molecule has 0 atom stereocenters. The van der Waals surface area contributed by atoms with Crippen molar-refractivity contribution in [3.8, 4) is 0 Å². The van der Waals surface area contributed by atoms with Crippen LogP contribution in [0.15, 0.2) is 0 Å². The average Bonchev–Trinajstić information content (AvgIpc) is 2.53. The first-order valence-electron chi connectivity index (χ1n) is 9.93. The Bertz CT molecular complexity index is 247. The molecule has 0 heterocycles. The summed E-state index contributed by atoms with van der Waals surface area (Å²) in [6.07, 6.45) is 19.6. The van der Waals surface area contributed by atoms with Crippen LogP contribution in [0.5, 0.6) is 0 Å². The smallest absolute Gasteiger partial charge is 0.0575 e. The van der Waals surface area contributed by atoms with Gasteiger partial charge in [-0.05, 0) is 50.4 Å². The van der Waals surface area contributed by atoms with Gasteiger partial charge in [-0.25, -0.2) is 0 Å².